The lowest BCUT2D eigenvalue weighted by Crippen LogP contribution is -2.43. The Balaban J connectivity index is 2.69. The summed E-state index contributed by atoms with van der Waals surface area (Å²) in [6.07, 6.45) is 0.296. The molecule has 2 amide bonds. The summed E-state index contributed by atoms with van der Waals surface area (Å²) in [4.78, 5) is 36.0. The molecule has 0 unspecified atom stereocenters. The van der Waals surface area contributed by atoms with Crippen LogP contribution in [-0.2, 0) is 14.4 Å². The molecule has 0 aliphatic carbocycles. The molecule has 0 heterocycles. The van der Waals surface area contributed by atoms with Crippen molar-refractivity contribution in [3.05, 3.63) is 30.3 Å². The summed E-state index contributed by atoms with van der Waals surface area (Å²) >= 11 is 0. The van der Waals surface area contributed by atoms with E-state index in [9.17, 15) is 14.4 Å². The molecule has 0 spiro atoms. The van der Waals surface area contributed by atoms with Gasteiger partial charge in [-0.1, -0.05) is 39.0 Å². The average molecular weight is 306 g/mol. The van der Waals surface area contributed by atoms with Gasteiger partial charge in [0, 0.05) is 12.1 Å². The fourth-order valence-electron chi connectivity index (χ4n) is 1.88. The maximum absolute atomic E-state index is 12.2. The Morgan fingerprint density at radius 1 is 1.14 bits per heavy atom. The molecule has 0 aliphatic rings. The van der Waals surface area contributed by atoms with Crippen molar-refractivity contribution in [2.24, 2.45) is 5.41 Å². The summed E-state index contributed by atoms with van der Waals surface area (Å²) in [7, 11) is 0. The molecule has 2 N–H and O–H groups in total. The predicted octanol–water partition coefficient (Wildman–Crippen LogP) is 1.66. The molecule has 0 atom stereocenters. The predicted molar refractivity (Wildman–Crippen MR) is 83.5 cm³/mol. The maximum Gasteiger partial charge on any atom is 0.323 e. The second-order valence-corrected chi connectivity index (χ2v) is 6.22. The second-order valence-electron chi connectivity index (χ2n) is 6.22. The highest BCUT2D eigenvalue weighted by atomic mass is 16.4. The zero-order valence-corrected chi connectivity index (χ0v) is 13.1. The number of carboxylic acid groups (broad SMARTS) is 1. The third-order valence-corrected chi connectivity index (χ3v) is 2.79. The van der Waals surface area contributed by atoms with E-state index in [0.717, 1.165) is 4.90 Å². The minimum absolute atomic E-state index is 0.173. The van der Waals surface area contributed by atoms with Crippen molar-refractivity contribution in [3.63, 3.8) is 0 Å². The van der Waals surface area contributed by atoms with E-state index < -0.39 is 18.4 Å². The van der Waals surface area contributed by atoms with Crippen molar-refractivity contribution in [1.29, 1.82) is 0 Å². The minimum atomic E-state index is -1.11. The molecule has 120 valence electrons. The standard InChI is InChI=1S/C16H22N2O4/c1-16(2,3)9-13(19)17-10-14(20)18(11-15(21)22)12-7-5-4-6-8-12/h4-8H,9-11H2,1-3H3,(H,17,19)(H,21,22). The number of hydrogen-bond acceptors (Lipinski definition) is 3. The summed E-state index contributed by atoms with van der Waals surface area (Å²) in [5.41, 5.74) is 0.313. The monoisotopic (exact) mass is 306 g/mol. The highest BCUT2D eigenvalue weighted by Crippen LogP contribution is 2.18. The van der Waals surface area contributed by atoms with Crippen LogP contribution in [0.2, 0.25) is 0 Å². The summed E-state index contributed by atoms with van der Waals surface area (Å²) in [6.45, 7) is 5.11. The SMILES string of the molecule is CC(C)(C)CC(=O)NCC(=O)N(CC(=O)O)c1ccccc1. The number of para-hydroxylation sites is 1. The van der Waals surface area contributed by atoms with Crippen LogP contribution in [0.25, 0.3) is 0 Å². The lowest BCUT2D eigenvalue weighted by molar-refractivity contribution is -0.136. The number of anilines is 1. The molecule has 0 saturated heterocycles. The van der Waals surface area contributed by atoms with E-state index in [0.29, 0.717) is 12.1 Å². The molecular formula is C16H22N2O4. The number of nitrogens with zero attached hydrogens (tertiary/aromatic N) is 1. The summed E-state index contributed by atoms with van der Waals surface area (Å²) in [5, 5.41) is 11.5. The fourth-order valence-corrected chi connectivity index (χ4v) is 1.88. The van der Waals surface area contributed by atoms with E-state index in [4.69, 9.17) is 5.11 Å². The van der Waals surface area contributed by atoms with E-state index in [1.807, 2.05) is 20.8 Å². The van der Waals surface area contributed by atoms with Gasteiger partial charge in [0.1, 0.15) is 6.54 Å². The van der Waals surface area contributed by atoms with Gasteiger partial charge in [-0.25, -0.2) is 0 Å². The van der Waals surface area contributed by atoms with Crippen LogP contribution in [-0.4, -0.2) is 36.0 Å². The van der Waals surface area contributed by atoms with E-state index in [1.54, 1.807) is 30.3 Å². The number of carbonyl (C=O) groups excluding carboxylic acids is 2. The Bertz CT molecular complexity index is 535. The Labute approximate surface area is 130 Å². The number of nitrogens with one attached hydrogen (secondary N) is 1. The molecule has 0 fully saturated rings. The van der Waals surface area contributed by atoms with Gasteiger partial charge < -0.3 is 10.4 Å². The van der Waals surface area contributed by atoms with Gasteiger partial charge in [-0.3, -0.25) is 19.3 Å². The minimum Gasteiger partial charge on any atom is -0.480 e. The number of benzene rings is 1. The normalized spacial score (nSPS) is 10.9. The Hall–Kier alpha value is -2.37. The number of amides is 2. The van der Waals surface area contributed by atoms with Crippen LogP contribution < -0.4 is 10.2 Å². The van der Waals surface area contributed by atoms with Crippen LogP contribution in [0.15, 0.2) is 30.3 Å². The van der Waals surface area contributed by atoms with Crippen molar-refractivity contribution in [2.45, 2.75) is 27.2 Å². The Kier molecular flexibility index (Phi) is 6.10. The molecule has 6 heteroatoms. The first kappa shape index (κ1) is 17.7. The van der Waals surface area contributed by atoms with Gasteiger partial charge in [-0.2, -0.15) is 0 Å². The average Bonchev–Trinajstić information content (AvgIpc) is 2.41. The van der Waals surface area contributed by atoms with Crippen LogP contribution in [0, 0.1) is 5.41 Å². The molecule has 1 rings (SSSR count). The third kappa shape index (κ3) is 6.39. The zero-order valence-electron chi connectivity index (χ0n) is 13.1. The Morgan fingerprint density at radius 2 is 1.73 bits per heavy atom. The van der Waals surface area contributed by atoms with Crippen LogP contribution in [0.5, 0.6) is 0 Å². The van der Waals surface area contributed by atoms with Gasteiger partial charge in [0.15, 0.2) is 0 Å². The van der Waals surface area contributed by atoms with Gasteiger partial charge in [-0.05, 0) is 17.5 Å². The molecule has 22 heavy (non-hydrogen) atoms. The molecule has 0 aromatic heterocycles. The fraction of sp³-hybridized carbons (Fsp3) is 0.438. The first-order valence-corrected chi connectivity index (χ1v) is 7.03. The summed E-state index contributed by atoms with van der Waals surface area (Å²) < 4.78 is 0. The molecule has 0 saturated carbocycles. The number of hydrogen-bond donors (Lipinski definition) is 2. The van der Waals surface area contributed by atoms with Crippen LogP contribution in [0.4, 0.5) is 5.69 Å². The lowest BCUT2D eigenvalue weighted by atomic mass is 9.92. The molecule has 0 bridgehead atoms. The molecule has 1 aromatic rings. The first-order valence-electron chi connectivity index (χ1n) is 7.03. The molecule has 0 radical (unpaired) electrons. The summed E-state index contributed by atoms with van der Waals surface area (Å²) in [6, 6.07) is 8.51. The maximum atomic E-state index is 12.2. The van der Waals surface area contributed by atoms with Gasteiger partial charge in [0.25, 0.3) is 0 Å². The third-order valence-electron chi connectivity index (χ3n) is 2.79. The number of carbonyl (C=O) groups is 3. The van der Waals surface area contributed by atoms with Gasteiger partial charge in [-0.15, -0.1) is 0 Å². The van der Waals surface area contributed by atoms with Crippen molar-refractivity contribution >= 4 is 23.5 Å². The topological polar surface area (TPSA) is 86.7 Å². The second kappa shape index (κ2) is 7.59. The largest absolute Gasteiger partial charge is 0.480 e. The van der Waals surface area contributed by atoms with E-state index in [2.05, 4.69) is 5.32 Å². The van der Waals surface area contributed by atoms with Crippen LogP contribution in [0.3, 0.4) is 0 Å². The van der Waals surface area contributed by atoms with Crippen LogP contribution >= 0.6 is 0 Å². The smallest absolute Gasteiger partial charge is 0.323 e. The van der Waals surface area contributed by atoms with E-state index >= 15 is 0 Å². The molecule has 6 nitrogen and oxygen atoms in total. The first-order chi connectivity index (χ1) is 10.2. The molecular weight excluding hydrogens is 284 g/mol. The molecule has 1 aromatic carbocycles. The van der Waals surface area contributed by atoms with Gasteiger partial charge in [0.05, 0.1) is 6.54 Å². The number of aliphatic carboxylic acids is 1. The van der Waals surface area contributed by atoms with E-state index in [1.165, 1.54) is 0 Å². The highest BCUT2D eigenvalue weighted by Gasteiger charge is 2.21. The Morgan fingerprint density at radius 3 is 2.23 bits per heavy atom. The lowest BCUT2D eigenvalue weighted by Gasteiger charge is -2.22. The molecule has 0 aliphatic heterocycles. The van der Waals surface area contributed by atoms with Crippen molar-refractivity contribution in [3.8, 4) is 0 Å². The zero-order chi connectivity index (χ0) is 16.8. The van der Waals surface area contributed by atoms with Gasteiger partial charge >= 0.3 is 5.97 Å². The van der Waals surface area contributed by atoms with Crippen molar-refractivity contribution < 1.29 is 19.5 Å². The van der Waals surface area contributed by atoms with Crippen molar-refractivity contribution in [1.82, 2.24) is 5.32 Å². The quantitative estimate of drug-likeness (QED) is 0.837. The number of carboxylic acids is 1. The number of rotatable bonds is 6. The summed E-state index contributed by atoms with van der Waals surface area (Å²) in [5.74, 6) is -1.81. The van der Waals surface area contributed by atoms with E-state index in [-0.39, 0.29) is 17.9 Å². The highest BCUT2D eigenvalue weighted by molar-refractivity contribution is 5.99. The van der Waals surface area contributed by atoms with Crippen LogP contribution in [0.1, 0.15) is 27.2 Å². The van der Waals surface area contributed by atoms with Gasteiger partial charge in [0.2, 0.25) is 11.8 Å². The van der Waals surface area contributed by atoms with Crippen molar-refractivity contribution in [2.75, 3.05) is 18.0 Å².